The van der Waals surface area contributed by atoms with Crippen molar-refractivity contribution in [3.63, 3.8) is 0 Å². The fourth-order valence-corrected chi connectivity index (χ4v) is 3.83. The first-order valence-corrected chi connectivity index (χ1v) is 14.1. The van der Waals surface area contributed by atoms with Crippen molar-refractivity contribution in [1.82, 2.24) is 0 Å². The van der Waals surface area contributed by atoms with Crippen molar-refractivity contribution in [2.45, 2.75) is 63.9 Å². The Morgan fingerprint density at radius 1 is 0.568 bits per heavy atom. The first-order valence-electron chi connectivity index (χ1n) is 14.1. The molecule has 0 aliphatic heterocycles. The Balaban J connectivity index is 2.02. The van der Waals surface area contributed by atoms with Crippen molar-refractivity contribution in [3.8, 4) is 0 Å². The normalized spacial score (nSPS) is 13.2. The molecule has 1 aromatic carbocycles. The average Bonchev–Trinajstić information content (AvgIpc) is 2.92. The molecule has 0 amide bonds. The Bertz CT molecular complexity index is 589. The Hall–Kier alpha value is -1.10. The molecule has 1 atom stereocenters. The summed E-state index contributed by atoms with van der Waals surface area (Å²) in [5.41, 5.74) is -0.0527. The van der Waals surface area contributed by atoms with E-state index in [4.69, 9.17) is 33.5 Å². The SMILES string of the molecule is CCCCCCCCCC(O)(COCCOCCOCCOCCOCCOCCO)c1ccccc1. The molecular weight excluding hydrogens is 476 g/mol. The van der Waals surface area contributed by atoms with E-state index in [1.807, 2.05) is 30.3 Å². The van der Waals surface area contributed by atoms with E-state index in [9.17, 15) is 5.11 Å². The van der Waals surface area contributed by atoms with Crippen LogP contribution >= 0.6 is 0 Å². The predicted molar refractivity (Wildman–Crippen MR) is 145 cm³/mol. The van der Waals surface area contributed by atoms with Gasteiger partial charge in [0.2, 0.25) is 0 Å². The lowest BCUT2D eigenvalue weighted by molar-refractivity contribution is -0.0716. The maximum Gasteiger partial charge on any atom is 0.113 e. The Labute approximate surface area is 224 Å². The fourth-order valence-electron chi connectivity index (χ4n) is 3.83. The van der Waals surface area contributed by atoms with E-state index in [0.29, 0.717) is 79.1 Å². The van der Waals surface area contributed by atoms with E-state index >= 15 is 0 Å². The van der Waals surface area contributed by atoms with E-state index in [1.165, 1.54) is 32.1 Å². The van der Waals surface area contributed by atoms with Crippen LogP contribution in [0.15, 0.2) is 30.3 Å². The molecule has 0 bridgehead atoms. The maximum absolute atomic E-state index is 11.3. The van der Waals surface area contributed by atoms with Gasteiger partial charge in [0.25, 0.3) is 0 Å². The van der Waals surface area contributed by atoms with Crippen LogP contribution in [0, 0.1) is 0 Å². The van der Waals surface area contributed by atoms with Crippen LogP contribution in [0.4, 0.5) is 0 Å². The molecule has 1 aromatic rings. The van der Waals surface area contributed by atoms with Gasteiger partial charge in [0, 0.05) is 0 Å². The number of hydrogen-bond donors (Lipinski definition) is 2. The lowest BCUT2D eigenvalue weighted by Crippen LogP contribution is -2.32. The molecule has 2 N–H and O–H groups in total. The number of rotatable bonds is 28. The minimum Gasteiger partial charge on any atom is -0.394 e. The van der Waals surface area contributed by atoms with Gasteiger partial charge in [-0.05, 0) is 12.0 Å². The third-order valence-electron chi connectivity index (χ3n) is 5.94. The smallest absolute Gasteiger partial charge is 0.113 e. The molecule has 0 spiro atoms. The van der Waals surface area contributed by atoms with Gasteiger partial charge in [0.1, 0.15) is 5.60 Å². The molecule has 0 aliphatic rings. The van der Waals surface area contributed by atoms with Crippen molar-refractivity contribution < 1.29 is 38.6 Å². The number of ether oxygens (including phenoxy) is 6. The summed E-state index contributed by atoms with van der Waals surface area (Å²) < 4.78 is 32.8. The summed E-state index contributed by atoms with van der Waals surface area (Å²) in [5, 5.41) is 19.9. The van der Waals surface area contributed by atoms with Crippen LogP contribution in [-0.4, -0.2) is 96.1 Å². The van der Waals surface area contributed by atoms with Crippen LogP contribution in [-0.2, 0) is 34.0 Å². The zero-order valence-corrected chi connectivity index (χ0v) is 23.1. The molecular formula is C29H52O8. The van der Waals surface area contributed by atoms with Crippen molar-refractivity contribution in [2.75, 3.05) is 85.9 Å². The molecule has 0 saturated heterocycles. The molecule has 0 radical (unpaired) electrons. The van der Waals surface area contributed by atoms with Crippen LogP contribution in [0.25, 0.3) is 0 Å². The highest BCUT2D eigenvalue weighted by molar-refractivity contribution is 5.22. The fraction of sp³-hybridized carbons (Fsp3) is 0.793. The van der Waals surface area contributed by atoms with E-state index < -0.39 is 5.60 Å². The van der Waals surface area contributed by atoms with Crippen molar-refractivity contribution >= 4 is 0 Å². The summed E-state index contributed by atoms with van der Waals surface area (Å²) in [6.45, 7) is 7.72. The Morgan fingerprint density at radius 2 is 1.00 bits per heavy atom. The summed E-state index contributed by atoms with van der Waals surface area (Å²) in [6, 6.07) is 9.85. The minimum absolute atomic E-state index is 0.0282. The monoisotopic (exact) mass is 528 g/mol. The summed E-state index contributed by atoms with van der Waals surface area (Å²) in [6.07, 6.45) is 9.22. The number of hydrogen-bond acceptors (Lipinski definition) is 8. The molecule has 1 rings (SSSR count). The molecule has 1 unspecified atom stereocenters. The van der Waals surface area contributed by atoms with E-state index in [1.54, 1.807) is 0 Å². The quantitative estimate of drug-likeness (QED) is 0.157. The zero-order chi connectivity index (χ0) is 26.7. The Morgan fingerprint density at radius 3 is 1.49 bits per heavy atom. The summed E-state index contributed by atoms with van der Waals surface area (Å²) >= 11 is 0. The van der Waals surface area contributed by atoms with Crippen LogP contribution in [0.5, 0.6) is 0 Å². The molecule has 0 aromatic heterocycles. The topological polar surface area (TPSA) is 95.8 Å². The second-order valence-electron chi connectivity index (χ2n) is 9.11. The second kappa shape index (κ2) is 25.2. The number of benzene rings is 1. The van der Waals surface area contributed by atoms with Gasteiger partial charge in [-0.1, -0.05) is 82.2 Å². The van der Waals surface area contributed by atoms with Gasteiger partial charge in [-0.25, -0.2) is 0 Å². The average molecular weight is 529 g/mol. The Kier molecular flexibility index (Phi) is 23.1. The second-order valence-corrected chi connectivity index (χ2v) is 9.11. The standard InChI is InChI=1S/C29H52O8/c1-2-3-4-5-6-7-11-14-29(31,28-12-9-8-10-13-28)27-37-26-25-36-24-23-35-22-21-34-20-19-33-18-17-32-16-15-30/h8-10,12-13,30-31H,2-7,11,14-27H2,1H3. The number of aliphatic hydroxyl groups excluding tert-OH is 1. The molecule has 37 heavy (non-hydrogen) atoms. The lowest BCUT2D eigenvalue weighted by Gasteiger charge is -2.29. The van der Waals surface area contributed by atoms with Gasteiger partial charge in [-0.3, -0.25) is 0 Å². The highest BCUT2D eigenvalue weighted by Crippen LogP contribution is 2.28. The largest absolute Gasteiger partial charge is 0.394 e. The molecule has 0 aliphatic carbocycles. The predicted octanol–water partition coefficient (Wildman–Crippen LogP) is 4.11. The molecule has 8 nitrogen and oxygen atoms in total. The third kappa shape index (κ3) is 19.6. The van der Waals surface area contributed by atoms with Crippen molar-refractivity contribution in [3.05, 3.63) is 35.9 Å². The van der Waals surface area contributed by atoms with E-state index in [2.05, 4.69) is 6.92 Å². The van der Waals surface area contributed by atoms with Gasteiger partial charge in [-0.15, -0.1) is 0 Å². The van der Waals surface area contributed by atoms with Gasteiger partial charge >= 0.3 is 0 Å². The van der Waals surface area contributed by atoms with Crippen molar-refractivity contribution in [2.24, 2.45) is 0 Å². The third-order valence-corrected chi connectivity index (χ3v) is 5.94. The van der Waals surface area contributed by atoms with Crippen LogP contribution in [0.3, 0.4) is 0 Å². The molecule has 8 heteroatoms. The van der Waals surface area contributed by atoms with Gasteiger partial charge in [-0.2, -0.15) is 0 Å². The highest BCUT2D eigenvalue weighted by atomic mass is 16.6. The number of unbranched alkanes of at least 4 members (excludes halogenated alkanes) is 6. The highest BCUT2D eigenvalue weighted by Gasteiger charge is 2.28. The summed E-state index contributed by atoms with van der Waals surface area (Å²) in [7, 11) is 0. The first-order chi connectivity index (χ1) is 18.2. The van der Waals surface area contributed by atoms with E-state index in [0.717, 1.165) is 18.4 Å². The molecule has 0 heterocycles. The summed E-state index contributed by atoms with van der Waals surface area (Å²) in [5.74, 6) is 0. The van der Waals surface area contributed by atoms with E-state index in [-0.39, 0.29) is 13.2 Å². The van der Waals surface area contributed by atoms with Crippen molar-refractivity contribution in [1.29, 1.82) is 0 Å². The van der Waals surface area contributed by atoms with Crippen LogP contribution in [0.2, 0.25) is 0 Å². The van der Waals surface area contributed by atoms with Gasteiger partial charge in [0.15, 0.2) is 0 Å². The zero-order valence-electron chi connectivity index (χ0n) is 23.1. The lowest BCUT2D eigenvalue weighted by atomic mass is 9.89. The van der Waals surface area contributed by atoms with Gasteiger partial charge < -0.3 is 38.6 Å². The molecule has 0 fully saturated rings. The van der Waals surface area contributed by atoms with Crippen LogP contribution in [0.1, 0.15) is 63.9 Å². The van der Waals surface area contributed by atoms with Crippen LogP contribution < -0.4 is 0 Å². The summed E-state index contributed by atoms with van der Waals surface area (Å²) in [4.78, 5) is 0. The molecule has 0 saturated carbocycles. The molecule has 216 valence electrons. The maximum atomic E-state index is 11.3. The van der Waals surface area contributed by atoms with Gasteiger partial charge in [0.05, 0.1) is 85.9 Å². The number of aliphatic hydroxyl groups is 2. The minimum atomic E-state index is -0.966. The first kappa shape index (κ1) is 33.9.